The lowest BCUT2D eigenvalue weighted by molar-refractivity contribution is -0.115. The molecule has 3 rings (SSSR count). The lowest BCUT2D eigenvalue weighted by Crippen LogP contribution is -2.14. The van der Waals surface area contributed by atoms with E-state index in [2.05, 4.69) is 31.0 Å². The highest BCUT2D eigenvalue weighted by Crippen LogP contribution is 2.21. The Hall–Kier alpha value is -1.85. The summed E-state index contributed by atoms with van der Waals surface area (Å²) in [5.74, 6) is 0.255. The van der Waals surface area contributed by atoms with Gasteiger partial charge in [-0.3, -0.25) is 4.79 Å². The zero-order valence-corrected chi connectivity index (χ0v) is 15.0. The van der Waals surface area contributed by atoms with Crippen LogP contribution in [0.3, 0.4) is 0 Å². The molecular weight excluding hydrogens is 324 g/mol. The van der Waals surface area contributed by atoms with Crippen LogP contribution in [0, 0.1) is 13.8 Å². The molecular formula is C18H18N2OS2. The summed E-state index contributed by atoms with van der Waals surface area (Å²) in [5.41, 5.74) is 3.64. The Labute approximate surface area is 143 Å². The minimum atomic E-state index is -0.102. The van der Waals surface area contributed by atoms with Crippen LogP contribution in [-0.2, 0) is 11.8 Å². The van der Waals surface area contributed by atoms with E-state index in [0.717, 1.165) is 19.9 Å². The van der Waals surface area contributed by atoms with E-state index in [9.17, 15) is 4.79 Å². The predicted molar refractivity (Wildman–Crippen MR) is 98.0 cm³/mol. The van der Waals surface area contributed by atoms with Gasteiger partial charge in [0.25, 0.3) is 5.91 Å². The minimum Gasteiger partial charge on any atom is -0.319 e. The Bertz CT molecular complexity index is 923. The van der Waals surface area contributed by atoms with Crippen LogP contribution in [0.2, 0.25) is 0 Å². The van der Waals surface area contributed by atoms with Gasteiger partial charge < -0.3 is 4.57 Å². The standard InChI is InChI=1S/C18H18N2OS2/c1-12-9-15-16(10-13(12)2)23-18(20(15)3)19-17(21)11-22-14-7-5-4-6-8-14/h4-10H,11H2,1-3H3. The molecule has 1 heterocycles. The largest absolute Gasteiger partial charge is 0.319 e. The molecule has 3 aromatic rings. The zero-order valence-electron chi connectivity index (χ0n) is 13.4. The number of aromatic nitrogens is 1. The summed E-state index contributed by atoms with van der Waals surface area (Å²) < 4.78 is 3.16. The molecule has 0 unspecified atom stereocenters. The molecule has 1 aromatic heterocycles. The fourth-order valence-electron chi connectivity index (χ4n) is 2.29. The van der Waals surface area contributed by atoms with E-state index in [1.807, 2.05) is 41.9 Å². The first-order valence-corrected chi connectivity index (χ1v) is 9.17. The number of nitrogens with zero attached hydrogens (tertiary/aromatic N) is 2. The molecule has 0 aliphatic carbocycles. The zero-order chi connectivity index (χ0) is 16.4. The second-order valence-electron chi connectivity index (χ2n) is 5.46. The van der Waals surface area contributed by atoms with E-state index in [0.29, 0.717) is 5.75 Å². The molecule has 0 fully saturated rings. The van der Waals surface area contributed by atoms with Crippen molar-refractivity contribution in [3.05, 3.63) is 58.4 Å². The van der Waals surface area contributed by atoms with Gasteiger partial charge in [0.05, 0.1) is 16.0 Å². The smallest absolute Gasteiger partial charge is 0.258 e. The Morgan fingerprint density at radius 3 is 2.61 bits per heavy atom. The van der Waals surface area contributed by atoms with Crippen molar-refractivity contribution in [2.24, 2.45) is 12.0 Å². The van der Waals surface area contributed by atoms with E-state index in [1.165, 1.54) is 22.9 Å². The van der Waals surface area contributed by atoms with Crippen molar-refractivity contribution >= 4 is 39.2 Å². The Morgan fingerprint density at radius 2 is 1.87 bits per heavy atom. The van der Waals surface area contributed by atoms with Crippen LogP contribution in [0.15, 0.2) is 52.4 Å². The van der Waals surface area contributed by atoms with Gasteiger partial charge in [0.2, 0.25) is 0 Å². The van der Waals surface area contributed by atoms with Crippen LogP contribution in [0.5, 0.6) is 0 Å². The second-order valence-corrected chi connectivity index (χ2v) is 7.51. The average molecular weight is 342 g/mol. The number of hydrogen-bond donors (Lipinski definition) is 0. The fraction of sp³-hybridized carbons (Fsp3) is 0.222. The number of rotatable bonds is 3. The highest BCUT2D eigenvalue weighted by atomic mass is 32.2. The molecule has 5 heteroatoms. The van der Waals surface area contributed by atoms with E-state index in [1.54, 1.807) is 11.3 Å². The molecule has 2 aromatic carbocycles. The van der Waals surface area contributed by atoms with Crippen LogP contribution in [0.1, 0.15) is 11.1 Å². The van der Waals surface area contributed by atoms with Crippen LogP contribution in [0.4, 0.5) is 0 Å². The van der Waals surface area contributed by atoms with Crippen molar-refractivity contribution in [3.63, 3.8) is 0 Å². The first-order chi connectivity index (χ1) is 11.0. The summed E-state index contributed by atoms with van der Waals surface area (Å²) in [6.07, 6.45) is 0. The number of thioether (sulfide) groups is 1. The number of fused-ring (bicyclic) bond motifs is 1. The second kappa shape index (κ2) is 6.72. The number of benzene rings is 2. The van der Waals surface area contributed by atoms with E-state index in [-0.39, 0.29) is 5.91 Å². The molecule has 0 aliphatic heterocycles. The topological polar surface area (TPSA) is 34.4 Å². The molecule has 3 nitrogen and oxygen atoms in total. The van der Waals surface area contributed by atoms with Crippen LogP contribution >= 0.6 is 23.1 Å². The highest BCUT2D eigenvalue weighted by Gasteiger charge is 2.07. The number of amides is 1. The van der Waals surface area contributed by atoms with Crippen LogP contribution in [0.25, 0.3) is 10.2 Å². The molecule has 0 spiro atoms. The van der Waals surface area contributed by atoms with Gasteiger partial charge in [0.1, 0.15) is 0 Å². The molecule has 0 saturated heterocycles. The molecule has 0 radical (unpaired) electrons. The van der Waals surface area contributed by atoms with Gasteiger partial charge >= 0.3 is 0 Å². The molecule has 118 valence electrons. The molecule has 0 bridgehead atoms. The van der Waals surface area contributed by atoms with Crippen molar-refractivity contribution in [1.29, 1.82) is 0 Å². The van der Waals surface area contributed by atoms with Crippen molar-refractivity contribution in [3.8, 4) is 0 Å². The Morgan fingerprint density at radius 1 is 1.17 bits per heavy atom. The quantitative estimate of drug-likeness (QED) is 0.672. The van der Waals surface area contributed by atoms with E-state index >= 15 is 0 Å². The minimum absolute atomic E-state index is 0.102. The predicted octanol–water partition coefficient (Wildman–Crippen LogP) is 4.08. The Kier molecular flexibility index (Phi) is 4.68. The van der Waals surface area contributed by atoms with Gasteiger partial charge in [-0.05, 0) is 49.2 Å². The van der Waals surface area contributed by atoms with Gasteiger partial charge in [-0.2, -0.15) is 4.99 Å². The molecule has 1 amide bonds. The molecule has 0 atom stereocenters. The number of aryl methyl sites for hydroxylation is 3. The van der Waals surface area contributed by atoms with Crippen molar-refractivity contribution < 1.29 is 4.79 Å². The van der Waals surface area contributed by atoms with Crippen molar-refractivity contribution in [2.45, 2.75) is 18.7 Å². The summed E-state index contributed by atoms with van der Waals surface area (Å²) >= 11 is 3.08. The third-order valence-corrected chi connectivity index (χ3v) is 5.84. The first-order valence-electron chi connectivity index (χ1n) is 7.37. The van der Waals surface area contributed by atoms with Gasteiger partial charge in [0.15, 0.2) is 4.80 Å². The lowest BCUT2D eigenvalue weighted by atomic mass is 10.1. The number of thiazole rings is 1. The van der Waals surface area contributed by atoms with E-state index < -0.39 is 0 Å². The maximum Gasteiger partial charge on any atom is 0.258 e. The summed E-state index contributed by atoms with van der Waals surface area (Å²) in [7, 11) is 1.96. The molecule has 0 N–H and O–H groups in total. The maximum atomic E-state index is 12.2. The van der Waals surface area contributed by atoms with Gasteiger partial charge in [-0.15, -0.1) is 11.8 Å². The molecule has 23 heavy (non-hydrogen) atoms. The normalized spacial score (nSPS) is 12.0. The third-order valence-electron chi connectivity index (χ3n) is 3.75. The highest BCUT2D eigenvalue weighted by molar-refractivity contribution is 8.00. The van der Waals surface area contributed by atoms with Gasteiger partial charge in [-0.1, -0.05) is 29.5 Å². The number of carbonyl (C=O) groups is 1. The summed E-state index contributed by atoms with van der Waals surface area (Å²) in [6.45, 7) is 4.21. The van der Waals surface area contributed by atoms with Crippen molar-refractivity contribution in [1.82, 2.24) is 4.57 Å². The number of hydrogen-bond acceptors (Lipinski definition) is 3. The average Bonchev–Trinajstić information content (AvgIpc) is 2.83. The SMILES string of the molecule is Cc1cc2sc(=NC(=O)CSc3ccccc3)n(C)c2cc1C. The van der Waals surface area contributed by atoms with E-state index in [4.69, 9.17) is 0 Å². The summed E-state index contributed by atoms with van der Waals surface area (Å²) in [4.78, 5) is 18.3. The number of carbonyl (C=O) groups excluding carboxylic acids is 1. The monoisotopic (exact) mass is 342 g/mol. The van der Waals surface area contributed by atoms with Crippen LogP contribution < -0.4 is 4.80 Å². The molecule has 0 aliphatic rings. The van der Waals surface area contributed by atoms with Crippen LogP contribution in [-0.4, -0.2) is 16.2 Å². The lowest BCUT2D eigenvalue weighted by Gasteiger charge is -2.01. The fourth-order valence-corrected chi connectivity index (χ4v) is 4.11. The first kappa shape index (κ1) is 16.0. The molecule has 0 saturated carbocycles. The summed E-state index contributed by atoms with van der Waals surface area (Å²) in [6, 6.07) is 14.2. The van der Waals surface area contributed by atoms with Gasteiger partial charge in [0, 0.05) is 11.9 Å². The summed E-state index contributed by atoms with van der Waals surface area (Å²) in [5, 5.41) is 0. The van der Waals surface area contributed by atoms with Crippen molar-refractivity contribution in [2.75, 3.05) is 5.75 Å². The maximum absolute atomic E-state index is 12.2. The third kappa shape index (κ3) is 3.57. The Balaban J connectivity index is 1.85. The van der Waals surface area contributed by atoms with Gasteiger partial charge in [-0.25, -0.2) is 0 Å².